The molecule has 2 aromatic rings. The van der Waals surface area contributed by atoms with Crippen molar-refractivity contribution in [3.05, 3.63) is 55.3 Å². The number of carbonyl (C=O) groups is 1. The Morgan fingerprint density at radius 3 is 2.83 bits per heavy atom. The van der Waals surface area contributed by atoms with Crippen LogP contribution in [0.3, 0.4) is 0 Å². The fraction of sp³-hybridized carbons (Fsp3) is 0.267. The highest BCUT2D eigenvalue weighted by Crippen LogP contribution is 2.15. The Balaban J connectivity index is 1.77. The van der Waals surface area contributed by atoms with Gasteiger partial charge in [-0.15, -0.1) is 0 Å². The molecule has 0 aliphatic carbocycles. The van der Waals surface area contributed by atoms with Gasteiger partial charge in [0.25, 0.3) is 11.5 Å². The highest BCUT2D eigenvalue weighted by molar-refractivity contribution is 9.10. The van der Waals surface area contributed by atoms with Gasteiger partial charge in [0.15, 0.2) is 0 Å². The fourth-order valence-corrected chi connectivity index (χ4v) is 2.78. The van der Waals surface area contributed by atoms with Gasteiger partial charge in [-0.2, -0.15) is 5.10 Å². The third-order valence-corrected chi connectivity index (χ3v) is 4.38. The average molecular weight is 444 g/mol. The first-order chi connectivity index (χ1) is 11.0. The molecule has 0 saturated heterocycles. The minimum absolute atomic E-state index is 0.109. The van der Waals surface area contributed by atoms with Crippen LogP contribution in [0.2, 0.25) is 0 Å². The zero-order valence-electron chi connectivity index (χ0n) is 12.5. The summed E-state index contributed by atoms with van der Waals surface area (Å²) in [6.45, 7) is 1.15. The number of amides is 1. The summed E-state index contributed by atoms with van der Waals surface area (Å²) in [4.78, 5) is 23.7. The molecule has 0 saturated carbocycles. The van der Waals surface area contributed by atoms with Crippen molar-refractivity contribution >= 4 is 43.5 Å². The summed E-state index contributed by atoms with van der Waals surface area (Å²) < 4.78 is 2.58. The molecule has 0 atom stereocenters. The Morgan fingerprint density at radius 2 is 2.09 bits per heavy atom. The van der Waals surface area contributed by atoms with E-state index in [1.807, 2.05) is 12.1 Å². The zero-order chi connectivity index (χ0) is 16.8. The second kappa shape index (κ2) is 8.26. The zero-order valence-corrected chi connectivity index (χ0v) is 15.6. The average Bonchev–Trinajstić information content (AvgIpc) is 2.54. The third kappa shape index (κ3) is 4.90. The van der Waals surface area contributed by atoms with E-state index in [-0.39, 0.29) is 11.5 Å². The maximum Gasteiger partial charge on any atom is 0.282 e. The van der Waals surface area contributed by atoms with Crippen molar-refractivity contribution < 1.29 is 4.79 Å². The van der Waals surface area contributed by atoms with Gasteiger partial charge in [0.05, 0.1) is 11.9 Å². The number of anilines is 1. The minimum Gasteiger partial charge on any atom is -0.383 e. The summed E-state index contributed by atoms with van der Waals surface area (Å²) >= 11 is 6.59. The fourth-order valence-electron chi connectivity index (χ4n) is 1.88. The lowest BCUT2D eigenvalue weighted by atomic mass is 10.2. The molecule has 1 heterocycles. The Kier molecular flexibility index (Phi) is 6.35. The van der Waals surface area contributed by atoms with Gasteiger partial charge in [-0.25, -0.2) is 4.68 Å². The number of nitrogens with zero attached hydrogens (tertiary/aromatic N) is 2. The Hall–Kier alpha value is -1.67. The van der Waals surface area contributed by atoms with Crippen LogP contribution in [-0.4, -0.2) is 28.8 Å². The lowest BCUT2D eigenvalue weighted by Crippen LogP contribution is -2.26. The maximum atomic E-state index is 12.0. The molecular formula is C15H16Br2N4O2. The highest BCUT2D eigenvalue weighted by atomic mass is 79.9. The number of rotatable bonds is 6. The van der Waals surface area contributed by atoms with Crippen molar-refractivity contribution in [1.29, 1.82) is 0 Å². The molecule has 8 heteroatoms. The van der Waals surface area contributed by atoms with Gasteiger partial charge in [-0.1, -0.05) is 22.0 Å². The van der Waals surface area contributed by atoms with Crippen molar-refractivity contribution in [3.63, 3.8) is 0 Å². The van der Waals surface area contributed by atoms with Crippen molar-refractivity contribution in [1.82, 2.24) is 15.1 Å². The number of aromatic nitrogens is 2. The number of halogens is 2. The molecule has 2 rings (SSSR count). The van der Waals surface area contributed by atoms with E-state index in [0.29, 0.717) is 28.8 Å². The van der Waals surface area contributed by atoms with Crippen LogP contribution in [0.1, 0.15) is 16.8 Å². The Bertz CT molecular complexity index is 761. The smallest absolute Gasteiger partial charge is 0.282 e. The van der Waals surface area contributed by atoms with Crippen molar-refractivity contribution in [2.24, 2.45) is 7.05 Å². The molecule has 6 nitrogen and oxygen atoms in total. The normalized spacial score (nSPS) is 10.4. The first-order valence-electron chi connectivity index (χ1n) is 6.98. The van der Waals surface area contributed by atoms with Crippen LogP contribution in [0.4, 0.5) is 5.69 Å². The molecule has 1 amide bonds. The summed E-state index contributed by atoms with van der Waals surface area (Å²) in [5.41, 5.74) is 1.07. The van der Waals surface area contributed by atoms with Gasteiger partial charge in [0.1, 0.15) is 4.47 Å². The summed E-state index contributed by atoms with van der Waals surface area (Å²) in [5, 5.41) is 9.93. The van der Waals surface area contributed by atoms with E-state index >= 15 is 0 Å². The van der Waals surface area contributed by atoms with E-state index in [1.165, 1.54) is 4.68 Å². The van der Waals surface area contributed by atoms with Crippen LogP contribution in [0.5, 0.6) is 0 Å². The molecule has 0 fully saturated rings. The lowest BCUT2D eigenvalue weighted by Gasteiger charge is -2.09. The SMILES string of the molecule is Cn1ncc(NCCCNC(=O)c2cccc(Br)c2)c(Br)c1=O. The molecule has 0 aliphatic rings. The first kappa shape index (κ1) is 17.7. The second-order valence-corrected chi connectivity index (χ2v) is 6.56. The van der Waals surface area contributed by atoms with Crippen LogP contribution >= 0.6 is 31.9 Å². The number of benzene rings is 1. The van der Waals surface area contributed by atoms with Crippen LogP contribution in [0.25, 0.3) is 0 Å². The quantitative estimate of drug-likeness (QED) is 0.672. The Labute approximate surface area is 150 Å². The predicted molar refractivity (Wildman–Crippen MR) is 96.8 cm³/mol. The van der Waals surface area contributed by atoms with Crippen molar-refractivity contribution in [3.8, 4) is 0 Å². The maximum absolute atomic E-state index is 12.0. The molecule has 1 aromatic carbocycles. The molecule has 0 bridgehead atoms. The summed E-state index contributed by atoms with van der Waals surface area (Å²) in [6, 6.07) is 7.23. The van der Waals surface area contributed by atoms with E-state index in [2.05, 4.69) is 47.6 Å². The van der Waals surface area contributed by atoms with Gasteiger partial charge < -0.3 is 10.6 Å². The van der Waals surface area contributed by atoms with Crippen LogP contribution in [0.15, 0.2) is 44.2 Å². The van der Waals surface area contributed by atoms with Crippen LogP contribution in [0, 0.1) is 0 Å². The third-order valence-electron chi connectivity index (χ3n) is 3.12. The molecule has 122 valence electrons. The van der Waals surface area contributed by atoms with Gasteiger partial charge in [0.2, 0.25) is 0 Å². The van der Waals surface area contributed by atoms with E-state index in [1.54, 1.807) is 25.4 Å². The van der Waals surface area contributed by atoms with Gasteiger partial charge in [0, 0.05) is 30.2 Å². The number of hydrogen-bond donors (Lipinski definition) is 2. The van der Waals surface area contributed by atoms with Gasteiger partial charge in [-0.3, -0.25) is 9.59 Å². The number of hydrogen-bond acceptors (Lipinski definition) is 4. The lowest BCUT2D eigenvalue weighted by molar-refractivity contribution is 0.0953. The number of nitrogens with one attached hydrogen (secondary N) is 2. The van der Waals surface area contributed by atoms with Gasteiger partial charge >= 0.3 is 0 Å². The molecule has 2 N–H and O–H groups in total. The number of carbonyl (C=O) groups excluding carboxylic acids is 1. The van der Waals surface area contributed by atoms with Crippen LogP contribution in [-0.2, 0) is 7.05 Å². The van der Waals surface area contributed by atoms with E-state index < -0.39 is 0 Å². The standard InChI is InChI=1S/C15H16Br2N4O2/c1-21-15(23)13(17)12(9-20-21)18-6-3-7-19-14(22)10-4-2-5-11(16)8-10/h2,4-5,8-9,18H,3,6-7H2,1H3,(H,19,22). The second-order valence-electron chi connectivity index (χ2n) is 4.85. The molecule has 1 aromatic heterocycles. The van der Waals surface area contributed by atoms with Crippen LogP contribution < -0.4 is 16.2 Å². The molecule has 0 unspecified atom stereocenters. The Morgan fingerprint density at radius 1 is 1.30 bits per heavy atom. The molecular weight excluding hydrogens is 428 g/mol. The van der Waals surface area contributed by atoms with E-state index in [0.717, 1.165) is 10.9 Å². The van der Waals surface area contributed by atoms with Crippen molar-refractivity contribution in [2.45, 2.75) is 6.42 Å². The minimum atomic E-state index is -0.196. The number of aryl methyl sites for hydroxylation is 1. The summed E-state index contributed by atoms with van der Waals surface area (Å²) in [6.07, 6.45) is 2.31. The van der Waals surface area contributed by atoms with E-state index in [9.17, 15) is 9.59 Å². The molecule has 23 heavy (non-hydrogen) atoms. The predicted octanol–water partition coefficient (Wildman–Crippen LogP) is 2.54. The largest absolute Gasteiger partial charge is 0.383 e. The van der Waals surface area contributed by atoms with E-state index in [4.69, 9.17) is 0 Å². The first-order valence-corrected chi connectivity index (χ1v) is 8.57. The summed E-state index contributed by atoms with van der Waals surface area (Å²) in [7, 11) is 1.59. The topological polar surface area (TPSA) is 76.0 Å². The molecule has 0 aliphatic heterocycles. The van der Waals surface area contributed by atoms with Crippen molar-refractivity contribution in [2.75, 3.05) is 18.4 Å². The molecule has 0 radical (unpaired) electrons. The monoisotopic (exact) mass is 442 g/mol. The summed E-state index contributed by atoms with van der Waals surface area (Å²) in [5.74, 6) is -0.109. The highest BCUT2D eigenvalue weighted by Gasteiger charge is 2.07. The molecule has 0 spiro atoms. The van der Waals surface area contributed by atoms with Gasteiger partial charge in [-0.05, 0) is 40.5 Å².